The number of ether oxygens (including phenoxy) is 1. The van der Waals surface area contributed by atoms with Crippen LogP contribution in [0.4, 0.5) is 0 Å². The van der Waals surface area contributed by atoms with Crippen LogP contribution in [0.2, 0.25) is 0 Å². The van der Waals surface area contributed by atoms with E-state index in [1.54, 1.807) is 32.3 Å². The predicted octanol–water partition coefficient (Wildman–Crippen LogP) is 2.71. The first kappa shape index (κ1) is 24.7. The number of nitrogens with one attached hydrogen (secondary N) is 2. The molecule has 0 atom stereocenters. The number of methoxy groups -OCH3 is 1. The van der Waals surface area contributed by atoms with Gasteiger partial charge < -0.3 is 20.3 Å². The van der Waals surface area contributed by atoms with Crippen molar-refractivity contribution < 1.29 is 9.53 Å². The van der Waals surface area contributed by atoms with E-state index < -0.39 is 0 Å². The van der Waals surface area contributed by atoms with Crippen molar-refractivity contribution in [3.05, 3.63) is 59.3 Å². The Labute approximate surface area is 190 Å². The van der Waals surface area contributed by atoms with Crippen LogP contribution in [0.25, 0.3) is 0 Å². The summed E-state index contributed by atoms with van der Waals surface area (Å²) >= 11 is 0. The molecule has 0 bridgehead atoms. The second-order valence-electron chi connectivity index (χ2n) is 6.48. The number of amides is 1. The molecule has 0 aliphatic rings. The number of halogens is 1. The van der Waals surface area contributed by atoms with Gasteiger partial charge in [0.05, 0.1) is 13.7 Å². The van der Waals surface area contributed by atoms with Gasteiger partial charge >= 0.3 is 0 Å². The summed E-state index contributed by atoms with van der Waals surface area (Å²) in [5.74, 6) is 1.35. The van der Waals surface area contributed by atoms with E-state index in [1.807, 2.05) is 43.3 Å². The van der Waals surface area contributed by atoms with Crippen LogP contribution >= 0.6 is 24.0 Å². The average molecular weight is 511 g/mol. The van der Waals surface area contributed by atoms with Gasteiger partial charge in [-0.2, -0.15) is 0 Å². The Balaban J connectivity index is 0.00000420. The summed E-state index contributed by atoms with van der Waals surface area (Å²) in [6.07, 6.45) is 2.56. The van der Waals surface area contributed by atoms with Crippen LogP contribution in [0, 0.1) is 0 Å². The highest BCUT2D eigenvalue weighted by Gasteiger charge is 2.08. The summed E-state index contributed by atoms with van der Waals surface area (Å²) < 4.78 is 5.07. The molecule has 0 aliphatic carbocycles. The highest BCUT2D eigenvalue weighted by Crippen LogP contribution is 2.08. The first-order chi connectivity index (χ1) is 13.5. The number of benzene rings is 1. The molecule has 29 heavy (non-hydrogen) atoms. The van der Waals surface area contributed by atoms with Gasteiger partial charge in [0, 0.05) is 45.0 Å². The lowest BCUT2D eigenvalue weighted by Crippen LogP contribution is -2.38. The summed E-state index contributed by atoms with van der Waals surface area (Å²) in [5.41, 5.74) is 2.82. The molecule has 158 valence electrons. The SMILES string of the molecule is CCNC(=NCc1ccc(OC)nc1)NCCc1cccc(C(=O)N(C)C)c1.I. The molecule has 0 saturated heterocycles. The summed E-state index contributed by atoms with van der Waals surface area (Å²) in [5, 5.41) is 6.57. The van der Waals surface area contributed by atoms with Gasteiger partial charge in [0.2, 0.25) is 5.88 Å². The van der Waals surface area contributed by atoms with Crippen LogP contribution in [-0.4, -0.2) is 56.0 Å². The summed E-state index contributed by atoms with van der Waals surface area (Å²) in [4.78, 5) is 22.5. The van der Waals surface area contributed by atoms with Crippen LogP contribution in [0.1, 0.15) is 28.4 Å². The molecule has 0 radical (unpaired) electrons. The average Bonchev–Trinajstić information content (AvgIpc) is 2.72. The van der Waals surface area contributed by atoms with Gasteiger partial charge in [-0.25, -0.2) is 9.98 Å². The minimum absolute atomic E-state index is 0. The Morgan fingerprint density at radius 3 is 2.59 bits per heavy atom. The second-order valence-corrected chi connectivity index (χ2v) is 6.48. The number of nitrogens with zero attached hydrogens (tertiary/aromatic N) is 3. The molecule has 1 heterocycles. The monoisotopic (exact) mass is 511 g/mol. The molecule has 0 saturated carbocycles. The normalized spacial score (nSPS) is 10.7. The highest BCUT2D eigenvalue weighted by atomic mass is 127. The van der Waals surface area contributed by atoms with Crippen molar-refractivity contribution in [2.24, 2.45) is 4.99 Å². The topological polar surface area (TPSA) is 78.9 Å². The zero-order valence-corrected chi connectivity index (χ0v) is 19.8. The number of hydrogen-bond donors (Lipinski definition) is 2. The van der Waals surface area contributed by atoms with E-state index >= 15 is 0 Å². The third-order valence-corrected chi connectivity index (χ3v) is 4.06. The molecule has 1 aromatic carbocycles. The maximum atomic E-state index is 12.1. The molecular formula is C21H30IN5O2. The van der Waals surface area contributed by atoms with Gasteiger partial charge in [-0.15, -0.1) is 24.0 Å². The Bertz CT molecular complexity index is 794. The minimum atomic E-state index is 0. The Morgan fingerprint density at radius 1 is 1.17 bits per heavy atom. The third kappa shape index (κ3) is 8.26. The van der Waals surface area contributed by atoms with E-state index in [9.17, 15) is 4.79 Å². The van der Waals surface area contributed by atoms with Crippen molar-refractivity contribution in [2.75, 3.05) is 34.3 Å². The lowest BCUT2D eigenvalue weighted by molar-refractivity contribution is 0.0827. The molecule has 0 aliphatic heterocycles. The van der Waals surface area contributed by atoms with Crippen molar-refractivity contribution in [1.82, 2.24) is 20.5 Å². The van der Waals surface area contributed by atoms with E-state index in [4.69, 9.17) is 4.74 Å². The van der Waals surface area contributed by atoms with E-state index in [-0.39, 0.29) is 29.9 Å². The van der Waals surface area contributed by atoms with E-state index in [2.05, 4.69) is 20.6 Å². The van der Waals surface area contributed by atoms with Gasteiger partial charge in [0.1, 0.15) is 0 Å². The molecule has 2 aromatic rings. The first-order valence-corrected chi connectivity index (χ1v) is 9.35. The molecule has 1 aromatic heterocycles. The number of guanidine groups is 1. The summed E-state index contributed by atoms with van der Waals surface area (Å²) in [7, 11) is 5.11. The molecular weight excluding hydrogens is 481 g/mol. The molecule has 7 nitrogen and oxygen atoms in total. The number of aromatic nitrogens is 1. The van der Waals surface area contributed by atoms with Gasteiger partial charge in [-0.1, -0.05) is 18.2 Å². The second kappa shape index (κ2) is 13.0. The number of carbonyl (C=O) groups excluding carboxylic acids is 1. The first-order valence-electron chi connectivity index (χ1n) is 9.35. The molecule has 2 N–H and O–H groups in total. The van der Waals surface area contributed by atoms with Gasteiger partial charge in [-0.3, -0.25) is 4.79 Å². The van der Waals surface area contributed by atoms with Gasteiger partial charge in [-0.05, 0) is 36.6 Å². The summed E-state index contributed by atoms with van der Waals surface area (Å²) in [6, 6.07) is 11.5. The van der Waals surface area contributed by atoms with Crippen molar-refractivity contribution in [1.29, 1.82) is 0 Å². The summed E-state index contributed by atoms with van der Waals surface area (Å²) in [6.45, 7) is 4.05. The maximum Gasteiger partial charge on any atom is 0.253 e. The number of rotatable bonds is 8. The molecule has 2 rings (SSSR count). The van der Waals surface area contributed by atoms with Crippen LogP contribution in [-0.2, 0) is 13.0 Å². The van der Waals surface area contributed by atoms with Crippen LogP contribution in [0.3, 0.4) is 0 Å². The van der Waals surface area contributed by atoms with Gasteiger partial charge in [0.25, 0.3) is 5.91 Å². The Morgan fingerprint density at radius 2 is 1.97 bits per heavy atom. The van der Waals surface area contributed by atoms with Crippen molar-refractivity contribution in [2.45, 2.75) is 19.9 Å². The predicted molar refractivity (Wildman–Crippen MR) is 127 cm³/mol. The largest absolute Gasteiger partial charge is 0.481 e. The lowest BCUT2D eigenvalue weighted by atomic mass is 10.1. The fourth-order valence-corrected chi connectivity index (χ4v) is 2.58. The molecule has 8 heteroatoms. The van der Waals surface area contributed by atoms with Gasteiger partial charge in [0.15, 0.2) is 5.96 Å². The molecule has 0 spiro atoms. The highest BCUT2D eigenvalue weighted by molar-refractivity contribution is 14.0. The Hall–Kier alpha value is -2.36. The number of carbonyl (C=O) groups is 1. The quantitative estimate of drug-likeness (QED) is 0.324. The number of pyridine rings is 1. The van der Waals surface area contributed by atoms with Crippen LogP contribution in [0.15, 0.2) is 47.6 Å². The van der Waals surface area contributed by atoms with E-state index in [1.165, 1.54) is 0 Å². The van der Waals surface area contributed by atoms with Crippen molar-refractivity contribution in [3.63, 3.8) is 0 Å². The zero-order valence-electron chi connectivity index (χ0n) is 17.4. The fourth-order valence-electron chi connectivity index (χ4n) is 2.58. The van der Waals surface area contributed by atoms with E-state index in [0.29, 0.717) is 24.5 Å². The molecule has 0 unspecified atom stereocenters. The van der Waals surface area contributed by atoms with E-state index in [0.717, 1.165) is 30.1 Å². The molecule has 1 amide bonds. The standard InChI is InChI=1S/C21H29N5O2.HI/c1-5-22-21(25-15-17-9-10-19(28-4)24-14-17)23-12-11-16-7-6-8-18(13-16)20(27)26(2)3;/h6-10,13-14H,5,11-12,15H2,1-4H3,(H2,22,23,25);1H. The number of aliphatic imine (C=N–C) groups is 1. The number of hydrogen-bond acceptors (Lipinski definition) is 4. The van der Waals surface area contributed by atoms with Crippen molar-refractivity contribution in [3.8, 4) is 5.88 Å². The minimum Gasteiger partial charge on any atom is -0.481 e. The third-order valence-electron chi connectivity index (χ3n) is 4.06. The van der Waals surface area contributed by atoms with Crippen LogP contribution < -0.4 is 15.4 Å². The smallest absolute Gasteiger partial charge is 0.253 e. The maximum absolute atomic E-state index is 12.1. The Kier molecular flexibility index (Phi) is 11.0. The molecule has 0 fully saturated rings. The zero-order chi connectivity index (χ0) is 20.4. The van der Waals surface area contributed by atoms with Crippen molar-refractivity contribution >= 4 is 35.8 Å². The fraction of sp³-hybridized carbons (Fsp3) is 0.381. The lowest BCUT2D eigenvalue weighted by Gasteiger charge is -2.13. The van der Waals surface area contributed by atoms with Crippen LogP contribution in [0.5, 0.6) is 5.88 Å².